The van der Waals surface area contributed by atoms with Gasteiger partial charge in [-0.3, -0.25) is 9.59 Å². The molecule has 2 aromatic rings. The van der Waals surface area contributed by atoms with Crippen LogP contribution in [-0.2, 0) is 9.59 Å². The Morgan fingerprint density at radius 2 is 1.73 bits per heavy atom. The third kappa shape index (κ3) is 3.99. The second-order valence-electron chi connectivity index (χ2n) is 6.20. The van der Waals surface area contributed by atoms with Gasteiger partial charge in [-0.2, -0.15) is 0 Å². The van der Waals surface area contributed by atoms with E-state index in [1.54, 1.807) is 0 Å². The Kier molecular flexibility index (Phi) is 5.16. The molecular weight excluding hydrogens is 340 g/mol. The first-order valence-electron chi connectivity index (χ1n) is 8.31. The van der Waals surface area contributed by atoms with Crippen LogP contribution < -0.4 is 10.2 Å². The summed E-state index contributed by atoms with van der Waals surface area (Å²) in [4.78, 5) is 27.9. The summed E-state index contributed by atoms with van der Waals surface area (Å²) in [7, 11) is 0. The number of amides is 2. The Balaban J connectivity index is 1.59. The Bertz CT molecular complexity index is 833. The van der Waals surface area contributed by atoms with Crippen molar-refractivity contribution < 1.29 is 18.4 Å². The van der Waals surface area contributed by atoms with Gasteiger partial charge in [-0.15, -0.1) is 0 Å². The monoisotopic (exact) mass is 359 g/mol. The molecule has 26 heavy (non-hydrogen) atoms. The normalized spacial score (nSPS) is 14.3. The van der Waals surface area contributed by atoms with Crippen molar-refractivity contribution >= 4 is 23.2 Å². The van der Waals surface area contributed by atoms with Crippen molar-refractivity contribution in [2.45, 2.75) is 6.92 Å². The molecule has 0 aromatic heterocycles. The highest BCUT2D eigenvalue weighted by Crippen LogP contribution is 2.19. The molecule has 1 N–H and O–H groups in total. The third-order valence-electron chi connectivity index (χ3n) is 4.30. The summed E-state index contributed by atoms with van der Waals surface area (Å²) in [6.07, 6.45) is 0. The van der Waals surface area contributed by atoms with Gasteiger partial charge in [0.15, 0.2) is 0 Å². The molecule has 136 valence electrons. The number of piperazine rings is 1. The average Bonchev–Trinajstić information content (AvgIpc) is 2.64. The second kappa shape index (κ2) is 7.51. The number of carbonyl (C=O) groups excluding carboxylic acids is 2. The summed E-state index contributed by atoms with van der Waals surface area (Å²) in [5.74, 6) is -3.21. The number of rotatable bonds is 2. The van der Waals surface area contributed by atoms with E-state index in [0.717, 1.165) is 29.4 Å². The van der Waals surface area contributed by atoms with Gasteiger partial charge in [0.05, 0.1) is 5.69 Å². The molecule has 3 rings (SSSR count). The van der Waals surface area contributed by atoms with E-state index in [1.165, 1.54) is 4.90 Å². The molecule has 1 saturated heterocycles. The highest BCUT2D eigenvalue weighted by molar-refractivity contribution is 6.39. The van der Waals surface area contributed by atoms with Crippen LogP contribution in [0.5, 0.6) is 0 Å². The van der Waals surface area contributed by atoms with Crippen LogP contribution in [-0.4, -0.2) is 42.9 Å². The number of aryl methyl sites for hydroxylation is 1. The molecule has 0 aliphatic carbocycles. The number of halogens is 2. The summed E-state index contributed by atoms with van der Waals surface area (Å²) in [6, 6.07) is 10.7. The predicted octanol–water partition coefficient (Wildman–Crippen LogP) is 2.56. The lowest BCUT2D eigenvalue weighted by molar-refractivity contribution is -0.143. The molecule has 1 fully saturated rings. The molecule has 2 aromatic carbocycles. The molecule has 1 aliphatic heterocycles. The minimum Gasteiger partial charge on any atom is -0.368 e. The van der Waals surface area contributed by atoms with Gasteiger partial charge in [0.1, 0.15) is 11.6 Å². The smallest absolute Gasteiger partial charge is 0.313 e. The number of nitrogens with one attached hydrogen (secondary N) is 1. The van der Waals surface area contributed by atoms with Gasteiger partial charge in [0.25, 0.3) is 0 Å². The summed E-state index contributed by atoms with van der Waals surface area (Å²) >= 11 is 0. The zero-order valence-corrected chi connectivity index (χ0v) is 14.3. The first-order chi connectivity index (χ1) is 12.4. The molecule has 5 nitrogen and oxygen atoms in total. The topological polar surface area (TPSA) is 52.7 Å². The maximum Gasteiger partial charge on any atom is 0.313 e. The molecule has 0 atom stereocenters. The zero-order valence-electron chi connectivity index (χ0n) is 14.3. The lowest BCUT2D eigenvalue weighted by atomic mass is 10.2. The first-order valence-corrected chi connectivity index (χ1v) is 8.31. The van der Waals surface area contributed by atoms with Gasteiger partial charge in [-0.25, -0.2) is 8.78 Å². The fraction of sp³-hybridized carbons (Fsp3) is 0.263. The van der Waals surface area contributed by atoms with Crippen molar-refractivity contribution in [2.24, 2.45) is 0 Å². The van der Waals surface area contributed by atoms with Crippen LogP contribution in [0, 0.1) is 18.6 Å². The van der Waals surface area contributed by atoms with Gasteiger partial charge in [0, 0.05) is 37.9 Å². The molecule has 0 saturated carbocycles. The predicted molar refractivity (Wildman–Crippen MR) is 95.0 cm³/mol. The summed E-state index contributed by atoms with van der Waals surface area (Å²) in [5.41, 5.74) is 1.88. The highest BCUT2D eigenvalue weighted by Gasteiger charge is 2.26. The largest absolute Gasteiger partial charge is 0.368 e. The van der Waals surface area contributed by atoms with Gasteiger partial charge in [0.2, 0.25) is 0 Å². The quantitative estimate of drug-likeness (QED) is 0.839. The minimum absolute atomic E-state index is 0.346. The van der Waals surface area contributed by atoms with E-state index in [1.807, 2.05) is 25.1 Å². The molecule has 7 heteroatoms. The number of anilines is 2. The summed E-state index contributed by atoms with van der Waals surface area (Å²) in [5, 5.41) is 2.14. The van der Waals surface area contributed by atoms with Crippen molar-refractivity contribution in [1.82, 2.24) is 4.90 Å². The molecule has 2 amide bonds. The molecule has 0 bridgehead atoms. The van der Waals surface area contributed by atoms with Crippen molar-refractivity contribution in [2.75, 3.05) is 36.4 Å². The Morgan fingerprint density at radius 1 is 1.00 bits per heavy atom. The van der Waals surface area contributed by atoms with Crippen LogP contribution in [0.15, 0.2) is 42.5 Å². The maximum atomic E-state index is 13.6. The van der Waals surface area contributed by atoms with Crippen molar-refractivity contribution in [1.29, 1.82) is 0 Å². The van der Waals surface area contributed by atoms with E-state index < -0.39 is 23.4 Å². The Labute approximate surface area is 150 Å². The van der Waals surface area contributed by atoms with Crippen molar-refractivity contribution in [3.63, 3.8) is 0 Å². The second-order valence-corrected chi connectivity index (χ2v) is 6.20. The standard InChI is InChI=1S/C19H19F2N3O2/c1-13-3-2-4-15(11-13)23-7-9-24(10-8-23)19(26)18(25)22-17-12-14(20)5-6-16(17)21/h2-6,11-12H,7-10H2,1H3,(H,22,25). The first kappa shape index (κ1) is 17.8. The van der Waals surface area contributed by atoms with Crippen LogP contribution in [0.4, 0.5) is 20.2 Å². The van der Waals surface area contributed by atoms with Crippen molar-refractivity contribution in [3.05, 3.63) is 59.7 Å². The van der Waals surface area contributed by atoms with E-state index >= 15 is 0 Å². The number of hydrogen-bond acceptors (Lipinski definition) is 3. The van der Waals surface area contributed by atoms with E-state index in [2.05, 4.69) is 16.3 Å². The molecule has 1 heterocycles. The molecule has 0 unspecified atom stereocenters. The van der Waals surface area contributed by atoms with Gasteiger partial charge < -0.3 is 15.1 Å². The molecule has 0 radical (unpaired) electrons. The fourth-order valence-electron chi connectivity index (χ4n) is 2.91. The lowest BCUT2D eigenvalue weighted by Gasteiger charge is -2.35. The number of benzene rings is 2. The van der Waals surface area contributed by atoms with Crippen LogP contribution in [0.25, 0.3) is 0 Å². The number of nitrogens with zero attached hydrogens (tertiary/aromatic N) is 2. The lowest BCUT2D eigenvalue weighted by Crippen LogP contribution is -2.51. The number of carbonyl (C=O) groups is 2. The summed E-state index contributed by atoms with van der Waals surface area (Å²) < 4.78 is 26.8. The Morgan fingerprint density at radius 3 is 2.42 bits per heavy atom. The van der Waals surface area contributed by atoms with E-state index in [9.17, 15) is 18.4 Å². The van der Waals surface area contributed by atoms with Gasteiger partial charge in [-0.05, 0) is 36.8 Å². The fourth-order valence-corrected chi connectivity index (χ4v) is 2.91. The third-order valence-corrected chi connectivity index (χ3v) is 4.30. The van der Waals surface area contributed by atoms with Crippen LogP contribution in [0.1, 0.15) is 5.56 Å². The van der Waals surface area contributed by atoms with Gasteiger partial charge in [-0.1, -0.05) is 12.1 Å². The van der Waals surface area contributed by atoms with E-state index in [0.29, 0.717) is 26.2 Å². The molecule has 0 spiro atoms. The molecule has 1 aliphatic rings. The highest BCUT2D eigenvalue weighted by atomic mass is 19.1. The molecular formula is C19H19F2N3O2. The van der Waals surface area contributed by atoms with E-state index in [4.69, 9.17) is 0 Å². The van der Waals surface area contributed by atoms with Crippen molar-refractivity contribution in [3.8, 4) is 0 Å². The SMILES string of the molecule is Cc1cccc(N2CCN(C(=O)C(=O)Nc3cc(F)ccc3F)CC2)c1. The van der Waals surface area contributed by atoms with E-state index in [-0.39, 0.29) is 5.69 Å². The van der Waals surface area contributed by atoms with Gasteiger partial charge >= 0.3 is 11.8 Å². The number of hydrogen-bond donors (Lipinski definition) is 1. The summed E-state index contributed by atoms with van der Waals surface area (Å²) in [6.45, 7) is 3.96. The minimum atomic E-state index is -0.974. The Hall–Kier alpha value is -2.96. The average molecular weight is 359 g/mol. The van der Waals surface area contributed by atoms with Crippen LogP contribution in [0.3, 0.4) is 0 Å². The maximum absolute atomic E-state index is 13.6. The van der Waals surface area contributed by atoms with Crippen LogP contribution in [0.2, 0.25) is 0 Å². The van der Waals surface area contributed by atoms with Crippen LogP contribution >= 0.6 is 0 Å². The zero-order chi connectivity index (χ0) is 18.7.